The van der Waals surface area contributed by atoms with E-state index in [0.717, 1.165) is 12.1 Å². The van der Waals surface area contributed by atoms with Crippen LogP contribution in [0.1, 0.15) is 20.8 Å². The first-order valence-electron chi connectivity index (χ1n) is 8.68. The average molecular weight is 387 g/mol. The standard InChI is InChI=1S/C18H24F3N3O3/c1-10-7-24(8-11(2)27-10)18(26)12(3)23(4)9-15(25)22-14-6-5-13(19)16(20)17(14)21/h5-6,10-12H,7-9H2,1-4H3,(H,22,25)/t10-,11-,12+/m1/s1. The van der Waals surface area contributed by atoms with E-state index in [1.165, 1.54) is 4.90 Å². The lowest BCUT2D eigenvalue weighted by Crippen LogP contribution is -2.54. The Bertz CT molecular complexity index is 707. The molecule has 0 spiro atoms. The first kappa shape index (κ1) is 21.2. The number of hydrogen-bond acceptors (Lipinski definition) is 4. The summed E-state index contributed by atoms with van der Waals surface area (Å²) in [6.07, 6.45) is -0.148. The highest BCUT2D eigenvalue weighted by molar-refractivity contribution is 5.93. The van der Waals surface area contributed by atoms with Crippen molar-refractivity contribution in [3.05, 3.63) is 29.6 Å². The number of benzene rings is 1. The molecule has 1 saturated heterocycles. The lowest BCUT2D eigenvalue weighted by molar-refractivity contribution is -0.148. The molecule has 1 N–H and O–H groups in total. The Morgan fingerprint density at radius 2 is 1.81 bits per heavy atom. The lowest BCUT2D eigenvalue weighted by atomic mass is 10.2. The highest BCUT2D eigenvalue weighted by Crippen LogP contribution is 2.19. The molecule has 0 saturated carbocycles. The summed E-state index contributed by atoms with van der Waals surface area (Å²) >= 11 is 0. The van der Waals surface area contributed by atoms with Crippen LogP contribution in [0.2, 0.25) is 0 Å². The number of likely N-dealkylation sites (N-methyl/N-ethyl adjacent to an activating group) is 1. The van der Waals surface area contributed by atoms with E-state index in [9.17, 15) is 22.8 Å². The lowest BCUT2D eigenvalue weighted by Gasteiger charge is -2.38. The number of halogens is 3. The van der Waals surface area contributed by atoms with Crippen molar-refractivity contribution in [1.82, 2.24) is 9.80 Å². The predicted octanol–water partition coefficient (Wildman–Crippen LogP) is 2.00. The molecule has 1 aromatic rings. The Hall–Kier alpha value is -2.13. The van der Waals surface area contributed by atoms with Gasteiger partial charge in [-0.05, 0) is 40.0 Å². The van der Waals surface area contributed by atoms with Gasteiger partial charge in [0, 0.05) is 13.1 Å². The Morgan fingerprint density at radius 1 is 1.22 bits per heavy atom. The molecule has 1 aromatic carbocycles. The first-order valence-corrected chi connectivity index (χ1v) is 8.68. The molecular weight excluding hydrogens is 363 g/mol. The second-order valence-corrected chi connectivity index (χ2v) is 6.86. The summed E-state index contributed by atoms with van der Waals surface area (Å²) < 4.78 is 45.4. The van der Waals surface area contributed by atoms with Gasteiger partial charge in [0.15, 0.2) is 17.5 Å². The Morgan fingerprint density at radius 3 is 2.41 bits per heavy atom. The molecule has 1 fully saturated rings. The summed E-state index contributed by atoms with van der Waals surface area (Å²) in [5.41, 5.74) is -0.456. The van der Waals surface area contributed by atoms with Crippen molar-refractivity contribution < 1.29 is 27.5 Å². The van der Waals surface area contributed by atoms with Gasteiger partial charge in [-0.25, -0.2) is 13.2 Å². The Balaban J connectivity index is 1.95. The third kappa shape index (κ3) is 5.20. The molecule has 9 heteroatoms. The second kappa shape index (κ2) is 8.71. The van der Waals surface area contributed by atoms with Gasteiger partial charge < -0.3 is 15.0 Å². The number of nitrogens with zero attached hydrogens (tertiary/aromatic N) is 2. The van der Waals surface area contributed by atoms with Crippen LogP contribution in [-0.2, 0) is 14.3 Å². The molecular formula is C18H24F3N3O3. The molecule has 1 heterocycles. The van der Waals surface area contributed by atoms with Crippen molar-refractivity contribution in [2.24, 2.45) is 0 Å². The van der Waals surface area contributed by atoms with Gasteiger partial charge in [-0.2, -0.15) is 0 Å². The highest BCUT2D eigenvalue weighted by atomic mass is 19.2. The topological polar surface area (TPSA) is 61.9 Å². The van der Waals surface area contributed by atoms with Gasteiger partial charge in [0.2, 0.25) is 11.8 Å². The normalized spacial score (nSPS) is 21.3. The van der Waals surface area contributed by atoms with E-state index in [1.54, 1.807) is 18.9 Å². The van der Waals surface area contributed by atoms with Crippen LogP contribution in [0.3, 0.4) is 0 Å². The molecule has 0 radical (unpaired) electrons. The fourth-order valence-corrected chi connectivity index (χ4v) is 2.99. The maximum absolute atomic E-state index is 13.6. The quantitative estimate of drug-likeness (QED) is 0.785. The third-order valence-electron chi connectivity index (χ3n) is 4.45. The monoisotopic (exact) mass is 387 g/mol. The minimum absolute atomic E-state index is 0.0742. The largest absolute Gasteiger partial charge is 0.372 e. The average Bonchev–Trinajstić information content (AvgIpc) is 2.60. The van der Waals surface area contributed by atoms with E-state index in [2.05, 4.69) is 5.32 Å². The van der Waals surface area contributed by atoms with Crippen LogP contribution in [0.25, 0.3) is 0 Å². The molecule has 0 bridgehead atoms. The van der Waals surface area contributed by atoms with Crippen molar-refractivity contribution in [2.75, 3.05) is 32.0 Å². The smallest absolute Gasteiger partial charge is 0.239 e. The summed E-state index contributed by atoms with van der Waals surface area (Å²) in [7, 11) is 1.58. The van der Waals surface area contributed by atoms with Crippen LogP contribution in [0.5, 0.6) is 0 Å². The molecule has 0 aliphatic carbocycles. The summed E-state index contributed by atoms with van der Waals surface area (Å²) in [5, 5.41) is 2.19. The van der Waals surface area contributed by atoms with Gasteiger partial charge in [0.1, 0.15) is 0 Å². The van der Waals surface area contributed by atoms with E-state index in [1.807, 2.05) is 13.8 Å². The number of carbonyl (C=O) groups is 2. The van der Waals surface area contributed by atoms with Crippen LogP contribution in [0.4, 0.5) is 18.9 Å². The van der Waals surface area contributed by atoms with Gasteiger partial charge in [0.05, 0.1) is 30.5 Å². The van der Waals surface area contributed by atoms with E-state index < -0.39 is 35.1 Å². The van der Waals surface area contributed by atoms with Crippen LogP contribution >= 0.6 is 0 Å². The molecule has 0 unspecified atom stereocenters. The number of anilines is 1. The number of hydrogen-bond donors (Lipinski definition) is 1. The molecule has 27 heavy (non-hydrogen) atoms. The number of rotatable bonds is 5. The minimum Gasteiger partial charge on any atom is -0.372 e. The van der Waals surface area contributed by atoms with Crippen LogP contribution < -0.4 is 5.32 Å². The number of amides is 2. The summed E-state index contributed by atoms with van der Waals surface area (Å²) in [6.45, 7) is 6.14. The number of nitrogens with one attached hydrogen (secondary N) is 1. The third-order valence-corrected chi connectivity index (χ3v) is 4.45. The molecule has 2 rings (SSSR count). The molecule has 2 amide bonds. The van der Waals surface area contributed by atoms with Crippen molar-refractivity contribution in [1.29, 1.82) is 0 Å². The van der Waals surface area contributed by atoms with Crippen molar-refractivity contribution >= 4 is 17.5 Å². The second-order valence-electron chi connectivity index (χ2n) is 6.86. The van der Waals surface area contributed by atoms with Crippen molar-refractivity contribution in [3.8, 4) is 0 Å². The van der Waals surface area contributed by atoms with Crippen LogP contribution in [-0.4, -0.2) is 66.5 Å². The summed E-state index contributed by atoms with van der Waals surface area (Å²) in [6, 6.07) is 1.07. The van der Waals surface area contributed by atoms with Crippen LogP contribution in [0, 0.1) is 17.5 Å². The first-order chi connectivity index (χ1) is 12.6. The molecule has 3 atom stereocenters. The van der Waals surface area contributed by atoms with Gasteiger partial charge in [0.25, 0.3) is 0 Å². The molecule has 6 nitrogen and oxygen atoms in total. The SMILES string of the molecule is C[C@@H]1CN(C(=O)[C@H](C)N(C)CC(=O)Nc2ccc(F)c(F)c2F)C[C@@H](C)O1. The van der Waals surface area contributed by atoms with Gasteiger partial charge >= 0.3 is 0 Å². The van der Waals surface area contributed by atoms with E-state index in [4.69, 9.17) is 4.74 Å². The number of carbonyl (C=O) groups excluding carboxylic acids is 2. The number of ether oxygens (including phenoxy) is 1. The molecule has 1 aliphatic rings. The minimum atomic E-state index is -1.65. The van der Waals surface area contributed by atoms with Crippen molar-refractivity contribution in [2.45, 2.75) is 39.0 Å². The van der Waals surface area contributed by atoms with Crippen LogP contribution in [0.15, 0.2) is 12.1 Å². The van der Waals surface area contributed by atoms with Gasteiger partial charge in [-0.15, -0.1) is 0 Å². The zero-order chi connectivity index (χ0) is 20.3. The van der Waals surface area contributed by atoms with Gasteiger partial charge in [-0.3, -0.25) is 14.5 Å². The van der Waals surface area contributed by atoms with Crippen molar-refractivity contribution in [3.63, 3.8) is 0 Å². The maximum atomic E-state index is 13.6. The predicted molar refractivity (Wildman–Crippen MR) is 93.6 cm³/mol. The summed E-state index contributed by atoms with van der Waals surface area (Å²) in [4.78, 5) is 27.9. The van der Waals surface area contributed by atoms with E-state index in [-0.39, 0.29) is 24.7 Å². The zero-order valence-electron chi connectivity index (χ0n) is 15.8. The fourth-order valence-electron chi connectivity index (χ4n) is 2.99. The summed E-state index contributed by atoms with van der Waals surface area (Å²) in [5.74, 6) is -5.25. The fraction of sp³-hybridized carbons (Fsp3) is 0.556. The van der Waals surface area contributed by atoms with E-state index in [0.29, 0.717) is 13.1 Å². The molecule has 0 aromatic heterocycles. The molecule has 1 aliphatic heterocycles. The maximum Gasteiger partial charge on any atom is 0.239 e. The van der Waals surface area contributed by atoms with Gasteiger partial charge in [-0.1, -0.05) is 0 Å². The van der Waals surface area contributed by atoms with E-state index >= 15 is 0 Å². The number of morpholine rings is 1. The Kier molecular flexibility index (Phi) is 6.83. The Labute approximate surface area is 156 Å². The zero-order valence-corrected chi connectivity index (χ0v) is 15.8. The highest BCUT2D eigenvalue weighted by Gasteiger charge is 2.30. The molecule has 150 valence electrons.